The van der Waals surface area contributed by atoms with Crippen molar-refractivity contribution < 1.29 is 27.7 Å². The lowest BCUT2D eigenvalue weighted by atomic mass is 9.75. The number of hydrogen-bond donors (Lipinski definition) is 2. The van der Waals surface area contributed by atoms with Crippen LogP contribution in [0.3, 0.4) is 0 Å². The highest BCUT2D eigenvalue weighted by Crippen LogP contribution is 2.47. The van der Waals surface area contributed by atoms with Gasteiger partial charge in [-0.2, -0.15) is 0 Å². The molecule has 182 valence electrons. The minimum atomic E-state index is -3.94. The molecule has 1 aliphatic carbocycles. The smallest absolute Gasteiger partial charge is 0.338 e. The van der Waals surface area contributed by atoms with Gasteiger partial charge >= 0.3 is 5.97 Å². The molecule has 0 amide bonds. The number of esters is 1. The number of nitrogens with two attached hydrogens (primary N) is 2. The summed E-state index contributed by atoms with van der Waals surface area (Å²) in [6.45, 7) is 0. The zero-order valence-corrected chi connectivity index (χ0v) is 19.4. The van der Waals surface area contributed by atoms with Crippen molar-refractivity contribution in [1.82, 2.24) is 0 Å². The second-order valence-electron chi connectivity index (χ2n) is 8.09. The Morgan fingerprint density at radius 3 is 2.46 bits per heavy atom. The first-order chi connectivity index (χ1) is 16.5. The number of methoxy groups -OCH3 is 1. The first-order valence-electron chi connectivity index (χ1n) is 10.6. The lowest BCUT2D eigenvalue weighted by molar-refractivity contribution is -0.384. The number of benzene rings is 2. The number of anilines is 1. The molecular weight excluding hydrogens is 476 g/mol. The van der Waals surface area contributed by atoms with Gasteiger partial charge in [-0.25, -0.2) is 18.4 Å². The molecule has 35 heavy (non-hydrogen) atoms. The molecule has 0 spiro atoms. The summed E-state index contributed by atoms with van der Waals surface area (Å²) in [6, 6.07) is 11.2. The Hall–Kier alpha value is -4.03. The summed E-state index contributed by atoms with van der Waals surface area (Å²) in [5, 5.41) is 16.6. The summed E-state index contributed by atoms with van der Waals surface area (Å²) in [6.07, 6.45) is 1.21. The number of non-ortho nitro benzene ring substituents is 1. The number of hydrogen-bond acceptors (Lipinski definition) is 9. The maximum absolute atomic E-state index is 13.2. The topological polar surface area (TPSA) is 176 Å². The van der Waals surface area contributed by atoms with E-state index in [2.05, 4.69) is 0 Å². The molecule has 11 nitrogen and oxygen atoms in total. The number of allylic oxidation sites excluding steroid dienone is 2. The van der Waals surface area contributed by atoms with Crippen molar-refractivity contribution in [2.24, 2.45) is 10.9 Å². The molecular formula is C23H22N4O7S. The molecule has 0 bridgehead atoms. The standard InChI is InChI=1S/C23H22N4O7S/c1-34-23(29)21-19(13-4-2-5-15(12-13)27(30)31)20-17(6-3-7-18(20)28)26(22(21)24)14-8-10-16(11-9-14)35(25,32)33/h2,4-5,8-12,19H,3,6-7,24H2,1H3,(H2,25,32,33). The zero-order valence-electron chi connectivity index (χ0n) is 18.6. The van der Waals surface area contributed by atoms with Gasteiger partial charge in [0.2, 0.25) is 10.0 Å². The molecule has 1 aliphatic heterocycles. The number of nitro benzene ring substituents is 1. The van der Waals surface area contributed by atoms with Crippen LogP contribution in [0.5, 0.6) is 0 Å². The summed E-state index contributed by atoms with van der Waals surface area (Å²) in [7, 11) is -2.77. The zero-order chi connectivity index (χ0) is 25.5. The molecule has 1 heterocycles. The number of sulfonamides is 1. The number of carbonyl (C=O) groups is 2. The number of Topliss-reactive ketones (excluding diaryl/α,β-unsaturated/α-hetero) is 1. The monoisotopic (exact) mass is 498 g/mol. The molecule has 2 aromatic carbocycles. The number of nitrogens with zero attached hydrogens (tertiary/aromatic N) is 2. The average Bonchev–Trinajstić information content (AvgIpc) is 2.82. The van der Waals surface area contributed by atoms with Gasteiger partial charge in [-0.15, -0.1) is 0 Å². The van der Waals surface area contributed by atoms with E-state index >= 15 is 0 Å². The maximum Gasteiger partial charge on any atom is 0.338 e. The molecule has 0 radical (unpaired) electrons. The molecule has 0 fully saturated rings. The number of ether oxygens (including phenoxy) is 1. The third-order valence-corrected chi connectivity index (χ3v) is 6.97. The van der Waals surface area contributed by atoms with Crippen molar-refractivity contribution in [3.05, 3.63) is 86.9 Å². The fourth-order valence-electron chi connectivity index (χ4n) is 4.53. The number of rotatable bonds is 5. The summed E-state index contributed by atoms with van der Waals surface area (Å²) in [5.74, 6) is -2.01. The van der Waals surface area contributed by atoms with Gasteiger partial charge in [0.1, 0.15) is 5.82 Å². The molecule has 2 aliphatic rings. The maximum atomic E-state index is 13.2. The van der Waals surface area contributed by atoms with Gasteiger partial charge < -0.3 is 10.5 Å². The van der Waals surface area contributed by atoms with Gasteiger partial charge in [0.05, 0.1) is 28.4 Å². The van der Waals surface area contributed by atoms with Crippen molar-refractivity contribution >= 4 is 33.2 Å². The molecule has 0 aromatic heterocycles. The van der Waals surface area contributed by atoms with Crippen molar-refractivity contribution in [1.29, 1.82) is 0 Å². The van der Waals surface area contributed by atoms with Crippen LogP contribution in [0.4, 0.5) is 11.4 Å². The van der Waals surface area contributed by atoms with Crippen molar-refractivity contribution in [3.63, 3.8) is 0 Å². The van der Waals surface area contributed by atoms with Gasteiger partial charge in [-0.1, -0.05) is 12.1 Å². The molecule has 4 N–H and O–H groups in total. The van der Waals surface area contributed by atoms with Crippen LogP contribution in [0.15, 0.2) is 76.1 Å². The van der Waals surface area contributed by atoms with Gasteiger partial charge in [-0.05, 0) is 42.7 Å². The Labute approximate surface area is 200 Å². The summed E-state index contributed by atoms with van der Waals surface area (Å²) < 4.78 is 28.3. The number of carbonyl (C=O) groups excluding carboxylic acids is 2. The number of ketones is 1. The van der Waals surface area contributed by atoms with Crippen molar-refractivity contribution in [2.75, 3.05) is 12.0 Å². The average molecular weight is 499 g/mol. The molecule has 0 saturated carbocycles. The predicted octanol–water partition coefficient (Wildman–Crippen LogP) is 2.20. The van der Waals surface area contributed by atoms with Crippen LogP contribution in [0.1, 0.15) is 30.7 Å². The van der Waals surface area contributed by atoms with E-state index in [9.17, 15) is 28.1 Å². The lowest BCUT2D eigenvalue weighted by Crippen LogP contribution is -2.41. The van der Waals surface area contributed by atoms with Crippen molar-refractivity contribution in [3.8, 4) is 0 Å². The minimum absolute atomic E-state index is 0.0230. The molecule has 12 heteroatoms. The molecule has 1 atom stereocenters. The van der Waals surface area contributed by atoms with E-state index in [1.54, 1.807) is 6.07 Å². The van der Waals surface area contributed by atoms with E-state index in [1.807, 2.05) is 0 Å². The minimum Gasteiger partial charge on any atom is -0.466 e. The number of primary sulfonamides is 1. The summed E-state index contributed by atoms with van der Waals surface area (Å²) in [4.78, 5) is 38.4. The fourth-order valence-corrected chi connectivity index (χ4v) is 5.04. The van der Waals surface area contributed by atoms with E-state index in [0.29, 0.717) is 35.4 Å². The molecule has 2 aromatic rings. The van der Waals surface area contributed by atoms with Crippen LogP contribution in [0, 0.1) is 10.1 Å². The van der Waals surface area contributed by atoms with Gasteiger partial charge in [0.25, 0.3) is 5.69 Å². The Kier molecular flexibility index (Phi) is 6.17. The molecule has 0 saturated heterocycles. The number of nitro groups is 1. The largest absolute Gasteiger partial charge is 0.466 e. The van der Waals surface area contributed by atoms with Gasteiger partial charge in [-0.3, -0.25) is 19.8 Å². The van der Waals surface area contributed by atoms with Crippen LogP contribution >= 0.6 is 0 Å². The third kappa shape index (κ3) is 4.29. The quantitative estimate of drug-likeness (QED) is 0.355. The van der Waals surface area contributed by atoms with E-state index in [-0.39, 0.29) is 34.2 Å². The first-order valence-corrected chi connectivity index (χ1v) is 12.1. The highest BCUT2D eigenvalue weighted by atomic mass is 32.2. The summed E-state index contributed by atoms with van der Waals surface area (Å²) in [5.41, 5.74) is 7.87. The lowest BCUT2D eigenvalue weighted by Gasteiger charge is -2.40. The van der Waals surface area contributed by atoms with Crippen LogP contribution in [0.25, 0.3) is 0 Å². The third-order valence-electron chi connectivity index (χ3n) is 6.04. The Balaban J connectivity index is 1.98. The van der Waals surface area contributed by atoms with E-state index < -0.39 is 26.8 Å². The molecule has 4 rings (SSSR count). The fraction of sp³-hybridized carbons (Fsp3) is 0.217. The van der Waals surface area contributed by atoms with Crippen LogP contribution in [-0.4, -0.2) is 32.2 Å². The van der Waals surface area contributed by atoms with Gasteiger partial charge in [0, 0.05) is 35.5 Å². The van der Waals surface area contributed by atoms with Gasteiger partial charge in [0.15, 0.2) is 5.78 Å². The van der Waals surface area contributed by atoms with E-state index in [1.165, 1.54) is 54.5 Å². The van der Waals surface area contributed by atoms with Crippen LogP contribution in [0.2, 0.25) is 0 Å². The first kappa shape index (κ1) is 24.1. The van der Waals surface area contributed by atoms with E-state index in [4.69, 9.17) is 15.6 Å². The summed E-state index contributed by atoms with van der Waals surface area (Å²) >= 11 is 0. The SMILES string of the molecule is COC(=O)C1=C(N)N(c2ccc(S(N)(=O)=O)cc2)C2=C(C(=O)CCC2)C1c1cccc([N+](=O)[O-])c1. The molecule has 1 unspecified atom stereocenters. The highest BCUT2D eigenvalue weighted by Gasteiger charge is 2.43. The Bertz CT molecular complexity index is 1410. The predicted molar refractivity (Wildman–Crippen MR) is 125 cm³/mol. The van der Waals surface area contributed by atoms with Crippen LogP contribution < -0.4 is 15.8 Å². The van der Waals surface area contributed by atoms with Crippen LogP contribution in [-0.2, 0) is 24.3 Å². The Morgan fingerprint density at radius 1 is 1.17 bits per heavy atom. The van der Waals surface area contributed by atoms with Crippen molar-refractivity contribution in [2.45, 2.75) is 30.1 Å². The second kappa shape index (κ2) is 8.96. The van der Waals surface area contributed by atoms with E-state index in [0.717, 1.165) is 0 Å². The Morgan fingerprint density at radius 2 is 1.86 bits per heavy atom. The normalized spacial score (nSPS) is 18.4. The second-order valence-corrected chi connectivity index (χ2v) is 9.65. The highest BCUT2D eigenvalue weighted by molar-refractivity contribution is 7.89.